The van der Waals surface area contributed by atoms with Gasteiger partial charge in [-0.15, -0.1) is 0 Å². The molecular weight excluding hydrogens is 875 g/mol. The van der Waals surface area contributed by atoms with Gasteiger partial charge in [-0.1, -0.05) is 200 Å². The van der Waals surface area contributed by atoms with Crippen LogP contribution in [0, 0.1) is 0 Å². The molecule has 0 unspecified atom stereocenters. The third-order valence-electron chi connectivity index (χ3n) is 15.3. The van der Waals surface area contributed by atoms with Crippen LogP contribution < -0.4 is 4.90 Å². The second-order valence-electron chi connectivity index (χ2n) is 19.1. The topological polar surface area (TPSA) is 29.5 Å². The van der Waals surface area contributed by atoms with E-state index in [-0.39, 0.29) is 0 Å². The zero-order valence-corrected chi connectivity index (χ0v) is 39.1. The smallest absolute Gasteiger partial charge is 0.143 e. The van der Waals surface area contributed by atoms with Gasteiger partial charge in [0.05, 0.1) is 5.41 Å². The monoisotopic (exact) mass is 917 g/mol. The Labute approximate surface area is 416 Å². The van der Waals surface area contributed by atoms with Crippen molar-refractivity contribution >= 4 is 82.5 Å². The van der Waals surface area contributed by atoms with Crippen molar-refractivity contribution in [3.05, 3.63) is 283 Å². The van der Waals surface area contributed by atoms with Crippen molar-refractivity contribution in [1.82, 2.24) is 0 Å². The van der Waals surface area contributed by atoms with Crippen LogP contribution in [0.3, 0.4) is 0 Å². The first-order chi connectivity index (χ1) is 35.7. The Morgan fingerprint density at radius 2 is 0.792 bits per heavy atom. The van der Waals surface area contributed by atoms with Crippen LogP contribution in [0.15, 0.2) is 270 Å². The summed E-state index contributed by atoms with van der Waals surface area (Å²) in [7, 11) is 0. The van der Waals surface area contributed by atoms with Crippen LogP contribution in [-0.2, 0) is 5.41 Å². The molecule has 0 fully saturated rings. The highest BCUT2D eigenvalue weighted by Crippen LogP contribution is 2.57. The predicted molar refractivity (Wildman–Crippen MR) is 299 cm³/mol. The molecule has 0 amide bonds. The first kappa shape index (κ1) is 40.4. The highest BCUT2D eigenvalue weighted by atomic mass is 16.3. The Kier molecular flexibility index (Phi) is 8.87. The molecule has 2 heterocycles. The first-order valence-electron chi connectivity index (χ1n) is 24.7. The van der Waals surface area contributed by atoms with Crippen molar-refractivity contribution in [1.29, 1.82) is 0 Å². The van der Waals surface area contributed by atoms with Gasteiger partial charge in [-0.2, -0.15) is 0 Å². The minimum absolute atomic E-state index is 0.554. The van der Waals surface area contributed by atoms with Crippen LogP contribution in [0.25, 0.3) is 98.8 Å². The van der Waals surface area contributed by atoms with E-state index in [1.54, 1.807) is 0 Å². The zero-order chi connectivity index (χ0) is 47.3. The van der Waals surface area contributed by atoms with Gasteiger partial charge in [-0.3, -0.25) is 0 Å². The van der Waals surface area contributed by atoms with E-state index >= 15 is 0 Å². The summed E-state index contributed by atoms with van der Waals surface area (Å²) in [6.45, 7) is 0. The molecular formula is C69H43NO2. The SMILES string of the molecule is c1ccc(C2(c3ccccc3)c3ccccc3-c3ccc(N(c4ccc(-c5cccc6oc7c8ccccc8ccc7c56)cc4)c4cccc(-c5cccc6oc7c8ccccc8ccc7c56)c4)cc32)cc1. The summed E-state index contributed by atoms with van der Waals surface area (Å²) in [5.41, 5.74) is 18.2. The summed E-state index contributed by atoms with van der Waals surface area (Å²) >= 11 is 0. The molecule has 0 saturated carbocycles. The van der Waals surface area contributed by atoms with Crippen molar-refractivity contribution in [2.45, 2.75) is 5.41 Å². The molecule has 72 heavy (non-hydrogen) atoms. The Morgan fingerprint density at radius 3 is 1.43 bits per heavy atom. The van der Waals surface area contributed by atoms with E-state index in [1.165, 1.54) is 44.2 Å². The van der Waals surface area contributed by atoms with Crippen molar-refractivity contribution in [2.24, 2.45) is 0 Å². The normalized spacial score (nSPS) is 12.8. The maximum Gasteiger partial charge on any atom is 0.143 e. The van der Waals surface area contributed by atoms with Crippen LogP contribution in [0.5, 0.6) is 0 Å². The van der Waals surface area contributed by atoms with Gasteiger partial charge in [0.25, 0.3) is 0 Å². The molecule has 0 atom stereocenters. The van der Waals surface area contributed by atoms with E-state index < -0.39 is 5.41 Å². The zero-order valence-electron chi connectivity index (χ0n) is 39.1. The lowest BCUT2D eigenvalue weighted by Gasteiger charge is -2.35. The van der Waals surface area contributed by atoms with Crippen LogP contribution in [0.2, 0.25) is 0 Å². The van der Waals surface area contributed by atoms with Gasteiger partial charge in [-0.05, 0) is 127 Å². The molecule has 14 aromatic rings. The van der Waals surface area contributed by atoms with E-state index in [0.29, 0.717) is 0 Å². The highest BCUT2D eigenvalue weighted by molar-refractivity contribution is 6.20. The summed E-state index contributed by atoms with van der Waals surface area (Å²) in [5.74, 6) is 0. The molecule has 2 aromatic heterocycles. The van der Waals surface area contributed by atoms with Gasteiger partial charge < -0.3 is 13.7 Å². The molecule has 0 N–H and O–H groups in total. The second kappa shape index (κ2) is 15.8. The minimum Gasteiger partial charge on any atom is -0.455 e. The summed E-state index contributed by atoms with van der Waals surface area (Å²) in [5, 5.41) is 9.05. The Hall–Kier alpha value is -9.44. The van der Waals surface area contributed by atoms with Crippen molar-refractivity contribution in [2.75, 3.05) is 4.90 Å². The molecule has 15 rings (SSSR count). The van der Waals surface area contributed by atoms with Crippen LogP contribution >= 0.6 is 0 Å². The quantitative estimate of drug-likeness (QED) is 0.160. The largest absolute Gasteiger partial charge is 0.455 e. The molecule has 0 bridgehead atoms. The van der Waals surface area contributed by atoms with Crippen molar-refractivity contribution in [3.63, 3.8) is 0 Å². The van der Waals surface area contributed by atoms with Gasteiger partial charge in [0.1, 0.15) is 22.3 Å². The summed E-state index contributed by atoms with van der Waals surface area (Å²) < 4.78 is 13.3. The van der Waals surface area contributed by atoms with E-state index in [9.17, 15) is 0 Å². The molecule has 3 heteroatoms. The lowest BCUT2D eigenvalue weighted by molar-refractivity contribution is 0.672. The maximum atomic E-state index is 6.70. The van der Waals surface area contributed by atoms with Crippen LogP contribution in [-0.4, -0.2) is 0 Å². The fraction of sp³-hybridized carbons (Fsp3) is 0.0145. The number of furan rings is 2. The van der Waals surface area contributed by atoms with Crippen LogP contribution in [0.4, 0.5) is 17.1 Å². The maximum absolute atomic E-state index is 6.70. The fourth-order valence-electron chi connectivity index (χ4n) is 12.2. The third kappa shape index (κ3) is 5.92. The molecule has 3 nitrogen and oxygen atoms in total. The van der Waals surface area contributed by atoms with E-state index in [1.807, 2.05) is 0 Å². The second-order valence-corrected chi connectivity index (χ2v) is 19.1. The predicted octanol–water partition coefficient (Wildman–Crippen LogP) is 19.0. The minimum atomic E-state index is -0.554. The molecule has 1 aliphatic rings. The van der Waals surface area contributed by atoms with Gasteiger partial charge in [0, 0.05) is 49.4 Å². The molecule has 12 aromatic carbocycles. The standard InChI is InChI=1S/C69H43NO2/c1-3-19-48(20-4-1)69(49-21-5-2-6-22-49)61-29-12-11-26-57(61)58-41-38-52(43-62(58)69)70(50-36-32-46(33-37-50)53-27-14-30-63-65(53)59-39-34-44-16-7-9-24-55(44)67(59)71-63)51-23-13-18-47(42-51)54-28-15-31-64-66(54)60-40-35-45-17-8-10-25-56(45)68(60)72-64/h1-43H. The Balaban J connectivity index is 0.940. The average Bonchev–Trinajstić information content (AvgIpc) is 4.13. The number of benzene rings is 12. The number of rotatable bonds is 7. The number of hydrogen-bond acceptors (Lipinski definition) is 3. The van der Waals surface area contributed by atoms with E-state index in [4.69, 9.17) is 8.83 Å². The molecule has 0 aliphatic heterocycles. The lowest BCUT2D eigenvalue weighted by Crippen LogP contribution is -2.28. The molecule has 0 saturated heterocycles. The lowest BCUT2D eigenvalue weighted by atomic mass is 9.67. The molecule has 0 radical (unpaired) electrons. The van der Waals surface area contributed by atoms with Crippen molar-refractivity contribution in [3.8, 4) is 33.4 Å². The summed E-state index contributed by atoms with van der Waals surface area (Å²) in [4.78, 5) is 2.43. The molecule has 1 aliphatic carbocycles. The van der Waals surface area contributed by atoms with Gasteiger partial charge in [0.15, 0.2) is 0 Å². The average molecular weight is 918 g/mol. The fourth-order valence-corrected chi connectivity index (χ4v) is 12.2. The van der Waals surface area contributed by atoms with Crippen molar-refractivity contribution < 1.29 is 8.83 Å². The molecule has 336 valence electrons. The third-order valence-corrected chi connectivity index (χ3v) is 15.3. The van der Waals surface area contributed by atoms with E-state index in [0.717, 1.165) is 94.0 Å². The number of anilines is 3. The number of hydrogen-bond donors (Lipinski definition) is 0. The first-order valence-corrected chi connectivity index (χ1v) is 24.7. The van der Waals surface area contributed by atoms with E-state index in [2.05, 4.69) is 266 Å². The number of nitrogens with zero attached hydrogens (tertiary/aromatic N) is 1. The van der Waals surface area contributed by atoms with Gasteiger partial charge in [0.2, 0.25) is 0 Å². The highest BCUT2D eigenvalue weighted by Gasteiger charge is 2.46. The number of fused-ring (bicyclic) bond motifs is 13. The summed E-state index contributed by atoms with van der Waals surface area (Å²) in [6.07, 6.45) is 0. The summed E-state index contributed by atoms with van der Waals surface area (Å²) in [6, 6.07) is 94.9. The van der Waals surface area contributed by atoms with Gasteiger partial charge >= 0.3 is 0 Å². The molecule has 0 spiro atoms. The van der Waals surface area contributed by atoms with Gasteiger partial charge in [-0.25, -0.2) is 0 Å². The Bertz CT molecular complexity index is 4410. The Morgan fingerprint density at radius 1 is 0.292 bits per heavy atom. The van der Waals surface area contributed by atoms with Crippen LogP contribution in [0.1, 0.15) is 22.3 Å².